The molecule has 2 aromatic carbocycles. The summed E-state index contributed by atoms with van der Waals surface area (Å²) in [6.45, 7) is 13.0. The Morgan fingerprint density at radius 3 is 1.32 bits per heavy atom. The Morgan fingerprint density at radius 1 is 0.500 bits per heavy atom. The molecule has 0 heterocycles. The molecule has 0 aliphatic carbocycles. The molecule has 2 rings (SSSR count). The van der Waals surface area contributed by atoms with Gasteiger partial charge in [-0.25, -0.2) is 0 Å². The van der Waals surface area contributed by atoms with Crippen LogP contribution >= 0.6 is 0 Å². The summed E-state index contributed by atoms with van der Waals surface area (Å²) in [5, 5.41) is 0. The maximum absolute atomic E-state index is 5.25. The Bertz CT molecular complexity index is 730. The Kier molecular flexibility index (Phi) is 8.22. The van der Waals surface area contributed by atoms with Gasteiger partial charge in [0.2, 0.25) is 0 Å². The molecule has 4 nitrogen and oxygen atoms in total. The molecule has 0 saturated carbocycles. The van der Waals surface area contributed by atoms with Crippen molar-refractivity contribution < 1.29 is 18.9 Å². The lowest BCUT2D eigenvalue weighted by Crippen LogP contribution is -2.11. The molecular weight excluding hydrogens is 352 g/mol. The highest BCUT2D eigenvalue weighted by atomic mass is 16.5. The molecule has 0 spiro atoms. The van der Waals surface area contributed by atoms with E-state index in [0.717, 1.165) is 23.0 Å². The summed E-state index contributed by atoms with van der Waals surface area (Å²) in [5.41, 5.74) is 2.71. The summed E-state index contributed by atoms with van der Waals surface area (Å²) < 4.78 is 20.9. The van der Waals surface area contributed by atoms with Crippen molar-refractivity contribution in [3.63, 3.8) is 0 Å². The summed E-state index contributed by atoms with van der Waals surface area (Å²) in [6, 6.07) is 12.0. The van der Waals surface area contributed by atoms with Crippen molar-refractivity contribution in [1.29, 1.82) is 0 Å². The number of hydrogen-bond acceptors (Lipinski definition) is 4. The number of ether oxygens (including phenoxy) is 4. The molecule has 0 aliphatic rings. The Morgan fingerprint density at radius 2 is 0.964 bits per heavy atom. The normalized spacial score (nSPS) is 11.2. The van der Waals surface area contributed by atoms with E-state index < -0.39 is 0 Å². The van der Waals surface area contributed by atoms with Crippen molar-refractivity contribution in [3.05, 3.63) is 47.5 Å². The summed E-state index contributed by atoms with van der Waals surface area (Å²) >= 11 is 0. The van der Waals surface area contributed by atoms with Crippen LogP contribution < -0.4 is 18.9 Å². The van der Waals surface area contributed by atoms with Crippen LogP contribution in [0, 0.1) is 0 Å². The molecule has 0 saturated heterocycles. The lowest BCUT2D eigenvalue weighted by Gasteiger charge is -2.20. The monoisotopic (exact) mass is 388 g/mol. The summed E-state index contributed by atoms with van der Waals surface area (Å²) in [5.74, 6) is 3.25. The predicted octanol–water partition coefficient (Wildman–Crippen LogP) is 6.00. The molecule has 4 heteroatoms. The molecule has 0 aliphatic heterocycles. The lowest BCUT2D eigenvalue weighted by molar-refractivity contribution is 0.353. The topological polar surface area (TPSA) is 36.9 Å². The minimum Gasteiger partial charge on any atom is -0.497 e. The number of methoxy groups -OCH3 is 4. The van der Waals surface area contributed by atoms with Gasteiger partial charge in [0.1, 0.15) is 11.5 Å². The standard InChI is InChI=1S/2C12H18O2/c1-12(2,3)9-6-10(13-4)8-11(7-9)14-5;1-12(2,3)9-6-7-10(13-4)11(8-9)14-5/h2*6-8H,1-5H3. The van der Waals surface area contributed by atoms with Gasteiger partial charge >= 0.3 is 0 Å². The van der Waals surface area contributed by atoms with Gasteiger partial charge in [0.05, 0.1) is 28.4 Å². The van der Waals surface area contributed by atoms with E-state index in [0.29, 0.717) is 0 Å². The molecule has 0 atom stereocenters. The number of benzene rings is 2. The van der Waals surface area contributed by atoms with Gasteiger partial charge in [-0.1, -0.05) is 47.6 Å². The first-order valence-electron chi connectivity index (χ1n) is 9.42. The second-order valence-corrected chi connectivity index (χ2v) is 8.67. The van der Waals surface area contributed by atoms with Crippen LogP contribution in [0.3, 0.4) is 0 Å². The van der Waals surface area contributed by atoms with E-state index in [2.05, 4.69) is 47.6 Å². The molecule has 0 amide bonds. The third kappa shape index (κ3) is 6.66. The summed E-state index contributed by atoms with van der Waals surface area (Å²) in [6.07, 6.45) is 0. The zero-order valence-electron chi connectivity index (χ0n) is 19.1. The van der Waals surface area contributed by atoms with Crippen LogP contribution in [0.15, 0.2) is 36.4 Å². The van der Waals surface area contributed by atoms with Crippen LogP contribution in [0.5, 0.6) is 23.0 Å². The van der Waals surface area contributed by atoms with Gasteiger partial charge < -0.3 is 18.9 Å². The van der Waals surface area contributed by atoms with Crippen LogP contribution in [0.1, 0.15) is 52.7 Å². The predicted molar refractivity (Wildman–Crippen MR) is 116 cm³/mol. The van der Waals surface area contributed by atoms with Crippen molar-refractivity contribution in [2.45, 2.75) is 52.4 Å². The average Bonchev–Trinajstić information content (AvgIpc) is 2.65. The molecule has 0 N–H and O–H groups in total. The van der Waals surface area contributed by atoms with Gasteiger partial charge in [0.25, 0.3) is 0 Å². The van der Waals surface area contributed by atoms with E-state index in [4.69, 9.17) is 18.9 Å². The quantitative estimate of drug-likeness (QED) is 0.643. The van der Waals surface area contributed by atoms with E-state index in [9.17, 15) is 0 Å². The SMILES string of the molecule is COc1cc(OC)cc(C(C)(C)C)c1.COc1ccc(C(C)(C)C)cc1OC. The van der Waals surface area contributed by atoms with Crippen LogP contribution in [0.4, 0.5) is 0 Å². The summed E-state index contributed by atoms with van der Waals surface area (Å²) in [4.78, 5) is 0. The maximum Gasteiger partial charge on any atom is 0.161 e. The van der Waals surface area contributed by atoms with Crippen molar-refractivity contribution >= 4 is 0 Å². The first-order chi connectivity index (χ1) is 13.0. The van der Waals surface area contributed by atoms with Crippen LogP contribution in [-0.4, -0.2) is 28.4 Å². The zero-order valence-corrected chi connectivity index (χ0v) is 19.1. The fourth-order valence-electron chi connectivity index (χ4n) is 2.54. The Balaban J connectivity index is 0.000000280. The molecule has 156 valence electrons. The van der Waals surface area contributed by atoms with Gasteiger partial charge in [0, 0.05) is 6.07 Å². The molecule has 0 fully saturated rings. The zero-order chi connectivity index (χ0) is 21.5. The first kappa shape index (κ1) is 23.7. The Hall–Kier alpha value is -2.36. The van der Waals surface area contributed by atoms with Gasteiger partial charge in [-0.05, 0) is 46.2 Å². The van der Waals surface area contributed by atoms with Crippen LogP contribution in [0.25, 0.3) is 0 Å². The van der Waals surface area contributed by atoms with Crippen molar-refractivity contribution in [2.24, 2.45) is 0 Å². The largest absolute Gasteiger partial charge is 0.497 e. The molecule has 0 radical (unpaired) electrons. The van der Waals surface area contributed by atoms with Crippen molar-refractivity contribution in [1.82, 2.24) is 0 Å². The van der Waals surface area contributed by atoms with E-state index in [-0.39, 0.29) is 10.8 Å². The van der Waals surface area contributed by atoms with Gasteiger partial charge in [0.15, 0.2) is 11.5 Å². The van der Waals surface area contributed by atoms with Crippen molar-refractivity contribution in [2.75, 3.05) is 28.4 Å². The van der Waals surface area contributed by atoms with Gasteiger partial charge in [-0.3, -0.25) is 0 Å². The fourth-order valence-corrected chi connectivity index (χ4v) is 2.54. The minimum absolute atomic E-state index is 0.113. The number of hydrogen-bond donors (Lipinski definition) is 0. The third-order valence-corrected chi connectivity index (χ3v) is 4.47. The average molecular weight is 389 g/mol. The number of rotatable bonds is 4. The summed E-state index contributed by atoms with van der Waals surface area (Å²) in [7, 11) is 6.64. The first-order valence-corrected chi connectivity index (χ1v) is 9.42. The highest BCUT2D eigenvalue weighted by Gasteiger charge is 2.16. The van der Waals surface area contributed by atoms with E-state index in [1.165, 1.54) is 11.1 Å². The molecule has 28 heavy (non-hydrogen) atoms. The Labute approximate surface area is 170 Å². The smallest absolute Gasteiger partial charge is 0.161 e. The fraction of sp³-hybridized carbons (Fsp3) is 0.500. The second-order valence-electron chi connectivity index (χ2n) is 8.67. The van der Waals surface area contributed by atoms with E-state index in [1.807, 2.05) is 30.3 Å². The van der Waals surface area contributed by atoms with E-state index in [1.54, 1.807) is 28.4 Å². The molecular formula is C24H36O4. The van der Waals surface area contributed by atoms with Gasteiger partial charge in [-0.15, -0.1) is 0 Å². The van der Waals surface area contributed by atoms with Crippen molar-refractivity contribution in [3.8, 4) is 23.0 Å². The maximum atomic E-state index is 5.25. The lowest BCUT2D eigenvalue weighted by atomic mass is 9.87. The molecule has 0 aromatic heterocycles. The van der Waals surface area contributed by atoms with E-state index >= 15 is 0 Å². The molecule has 2 aromatic rings. The highest BCUT2D eigenvalue weighted by Crippen LogP contribution is 2.33. The van der Waals surface area contributed by atoms with Crippen LogP contribution in [0.2, 0.25) is 0 Å². The minimum atomic E-state index is 0.113. The van der Waals surface area contributed by atoms with Gasteiger partial charge in [-0.2, -0.15) is 0 Å². The molecule has 0 bridgehead atoms. The van der Waals surface area contributed by atoms with Crippen LogP contribution in [-0.2, 0) is 10.8 Å². The second kappa shape index (κ2) is 9.72. The molecule has 0 unspecified atom stereocenters. The highest BCUT2D eigenvalue weighted by molar-refractivity contribution is 5.44. The third-order valence-electron chi connectivity index (χ3n) is 4.47.